The average molecular weight is 472 g/mol. The summed E-state index contributed by atoms with van der Waals surface area (Å²) >= 11 is 0. The lowest BCUT2D eigenvalue weighted by Crippen LogP contribution is -2.48. The lowest BCUT2D eigenvalue weighted by molar-refractivity contribution is -0.123. The number of anilines is 2. The molecule has 0 aromatic heterocycles. The molecular formula is C24H29N3O5S. The van der Waals surface area contributed by atoms with E-state index in [4.69, 9.17) is 4.74 Å². The predicted molar refractivity (Wildman–Crippen MR) is 126 cm³/mol. The summed E-state index contributed by atoms with van der Waals surface area (Å²) in [5.74, 6) is -0.295. The van der Waals surface area contributed by atoms with Gasteiger partial charge < -0.3 is 15.0 Å². The summed E-state index contributed by atoms with van der Waals surface area (Å²) in [5.41, 5.74) is 0.799. The smallest absolute Gasteiger partial charge is 0.267 e. The lowest BCUT2D eigenvalue weighted by atomic mass is 9.96. The summed E-state index contributed by atoms with van der Waals surface area (Å²) in [5, 5.41) is 2.73. The summed E-state index contributed by atoms with van der Waals surface area (Å²) in [6, 6.07) is 13.4. The Morgan fingerprint density at radius 1 is 1.03 bits per heavy atom. The second-order valence-electron chi connectivity index (χ2n) is 8.50. The van der Waals surface area contributed by atoms with Crippen molar-refractivity contribution in [2.45, 2.75) is 56.1 Å². The summed E-state index contributed by atoms with van der Waals surface area (Å²) in [4.78, 5) is 26.8. The molecule has 1 aliphatic carbocycles. The van der Waals surface area contributed by atoms with E-state index < -0.39 is 22.0 Å². The normalized spacial score (nSPS) is 19.0. The van der Waals surface area contributed by atoms with Crippen LogP contribution in [0.25, 0.3) is 0 Å². The number of fused-ring (bicyclic) bond motifs is 1. The molecule has 176 valence electrons. The SMILES string of the molecule is CC(=O)N1C[C@H](C(=O)Nc2ccccc2S(=O)(=O)N(C)C2CCCCC2)Oc2ccccc21. The van der Waals surface area contributed by atoms with Crippen LogP contribution in [0.5, 0.6) is 5.75 Å². The Hall–Kier alpha value is -2.91. The molecule has 8 nitrogen and oxygen atoms in total. The first-order chi connectivity index (χ1) is 15.8. The van der Waals surface area contributed by atoms with E-state index in [9.17, 15) is 18.0 Å². The third kappa shape index (κ3) is 4.74. The van der Waals surface area contributed by atoms with Gasteiger partial charge in [0.25, 0.3) is 5.91 Å². The van der Waals surface area contributed by atoms with E-state index in [-0.39, 0.29) is 29.1 Å². The number of amides is 2. The molecule has 1 fully saturated rings. The van der Waals surface area contributed by atoms with E-state index in [0.29, 0.717) is 11.4 Å². The van der Waals surface area contributed by atoms with Crippen molar-refractivity contribution in [1.29, 1.82) is 0 Å². The van der Waals surface area contributed by atoms with Crippen molar-refractivity contribution in [2.24, 2.45) is 0 Å². The highest BCUT2D eigenvalue weighted by molar-refractivity contribution is 7.89. The summed E-state index contributed by atoms with van der Waals surface area (Å²) < 4.78 is 34.1. The van der Waals surface area contributed by atoms with Crippen LogP contribution in [-0.2, 0) is 19.6 Å². The molecule has 33 heavy (non-hydrogen) atoms. The molecule has 1 heterocycles. The predicted octanol–water partition coefficient (Wildman–Crippen LogP) is 3.39. The molecule has 0 spiro atoms. The first kappa shape index (κ1) is 23.3. The summed E-state index contributed by atoms with van der Waals surface area (Å²) in [6.45, 7) is 1.47. The minimum absolute atomic E-state index is 0.0368. The van der Waals surface area contributed by atoms with Crippen LogP contribution in [0.15, 0.2) is 53.4 Å². The fraction of sp³-hybridized carbons (Fsp3) is 0.417. The van der Waals surface area contributed by atoms with Gasteiger partial charge in [0.05, 0.1) is 17.9 Å². The van der Waals surface area contributed by atoms with Crippen LogP contribution in [0.1, 0.15) is 39.0 Å². The van der Waals surface area contributed by atoms with Gasteiger partial charge in [-0.1, -0.05) is 43.5 Å². The van der Waals surface area contributed by atoms with Crippen LogP contribution >= 0.6 is 0 Å². The fourth-order valence-corrected chi connectivity index (χ4v) is 6.03. The van der Waals surface area contributed by atoms with Crippen molar-refractivity contribution in [2.75, 3.05) is 23.8 Å². The van der Waals surface area contributed by atoms with Gasteiger partial charge in [-0.05, 0) is 37.1 Å². The molecule has 0 bridgehead atoms. The molecule has 2 amide bonds. The molecule has 1 aliphatic heterocycles. The third-order valence-corrected chi connectivity index (χ3v) is 8.31. The number of ether oxygens (including phenoxy) is 1. The van der Waals surface area contributed by atoms with E-state index in [2.05, 4.69) is 5.32 Å². The number of carbonyl (C=O) groups excluding carboxylic acids is 2. The van der Waals surface area contributed by atoms with Gasteiger partial charge in [0.15, 0.2) is 6.10 Å². The van der Waals surface area contributed by atoms with Crippen molar-refractivity contribution < 1.29 is 22.7 Å². The number of rotatable bonds is 5. The van der Waals surface area contributed by atoms with Crippen LogP contribution in [0.4, 0.5) is 11.4 Å². The highest BCUT2D eigenvalue weighted by atomic mass is 32.2. The number of hydrogen-bond acceptors (Lipinski definition) is 5. The van der Waals surface area contributed by atoms with Gasteiger partial charge in [0.2, 0.25) is 15.9 Å². The van der Waals surface area contributed by atoms with Crippen LogP contribution in [-0.4, -0.2) is 50.3 Å². The molecule has 4 rings (SSSR count). The number of benzene rings is 2. The van der Waals surface area contributed by atoms with Gasteiger partial charge in [-0.15, -0.1) is 0 Å². The topological polar surface area (TPSA) is 96.0 Å². The Kier molecular flexibility index (Phi) is 6.71. The standard InChI is InChI=1S/C24H29N3O5S/c1-17(28)27-16-22(32-21-14-8-7-13-20(21)27)24(29)25-19-12-6-9-15-23(19)33(30,31)26(2)18-10-4-3-5-11-18/h6-9,12-15,18,22H,3-5,10-11,16H2,1-2H3,(H,25,29)/t22-/m1/s1. The van der Waals surface area contributed by atoms with E-state index in [1.54, 1.807) is 49.5 Å². The van der Waals surface area contributed by atoms with Gasteiger partial charge in [-0.25, -0.2) is 8.42 Å². The monoisotopic (exact) mass is 471 g/mol. The van der Waals surface area contributed by atoms with Crippen LogP contribution in [0.2, 0.25) is 0 Å². The molecule has 2 aromatic carbocycles. The maximum Gasteiger partial charge on any atom is 0.267 e. The molecule has 2 aliphatic rings. The summed E-state index contributed by atoms with van der Waals surface area (Å²) in [7, 11) is -2.20. The van der Waals surface area contributed by atoms with E-state index >= 15 is 0 Å². The van der Waals surface area contributed by atoms with E-state index in [1.807, 2.05) is 0 Å². The zero-order valence-electron chi connectivity index (χ0n) is 18.9. The van der Waals surface area contributed by atoms with E-state index in [0.717, 1.165) is 32.1 Å². The average Bonchev–Trinajstić information content (AvgIpc) is 2.83. The first-order valence-corrected chi connectivity index (χ1v) is 12.6. The highest BCUT2D eigenvalue weighted by Crippen LogP contribution is 2.34. The Balaban J connectivity index is 1.57. The van der Waals surface area contributed by atoms with Crippen molar-refractivity contribution in [3.8, 4) is 5.75 Å². The van der Waals surface area contributed by atoms with E-state index in [1.165, 1.54) is 22.2 Å². The van der Waals surface area contributed by atoms with Gasteiger partial charge in [0.1, 0.15) is 10.6 Å². The van der Waals surface area contributed by atoms with Gasteiger partial charge in [-0.3, -0.25) is 9.59 Å². The molecule has 1 atom stereocenters. The molecule has 1 saturated carbocycles. The quantitative estimate of drug-likeness (QED) is 0.721. The van der Waals surface area contributed by atoms with Crippen molar-refractivity contribution >= 4 is 33.2 Å². The molecule has 1 N–H and O–H groups in total. The second-order valence-corrected chi connectivity index (χ2v) is 10.5. The third-order valence-electron chi connectivity index (χ3n) is 6.34. The number of nitrogens with one attached hydrogen (secondary N) is 1. The Morgan fingerprint density at radius 3 is 2.42 bits per heavy atom. The second kappa shape index (κ2) is 9.52. The largest absolute Gasteiger partial charge is 0.476 e. The minimum atomic E-state index is -3.81. The number of hydrogen-bond donors (Lipinski definition) is 1. The molecular weight excluding hydrogens is 442 g/mol. The number of nitrogens with zero attached hydrogens (tertiary/aromatic N) is 2. The maximum atomic E-state index is 13.4. The molecule has 0 unspecified atom stereocenters. The van der Waals surface area contributed by atoms with Crippen molar-refractivity contribution in [3.63, 3.8) is 0 Å². The molecule has 2 aromatic rings. The van der Waals surface area contributed by atoms with Crippen LogP contribution in [0, 0.1) is 0 Å². The summed E-state index contributed by atoms with van der Waals surface area (Å²) in [6.07, 6.45) is 3.84. The zero-order chi connectivity index (χ0) is 23.6. The molecule has 9 heteroatoms. The highest BCUT2D eigenvalue weighted by Gasteiger charge is 2.35. The Morgan fingerprint density at radius 2 is 1.70 bits per heavy atom. The zero-order valence-corrected chi connectivity index (χ0v) is 19.7. The number of sulfonamides is 1. The fourth-order valence-electron chi connectivity index (χ4n) is 4.47. The molecule has 0 saturated heterocycles. The maximum absolute atomic E-state index is 13.4. The van der Waals surface area contributed by atoms with Gasteiger partial charge >= 0.3 is 0 Å². The van der Waals surface area contributed by atoms with Crippen molar-refractivity contribution in [1.82, 2.24) is 4.31 Å². The first-order valence-electron chi connectivity index (χ1n) is 11.2. The minimum Gasteiger partial charge on any atom is -0.476 e. The van der Waals surface area contributed by atoms with Gasteiger partial charge in [0, 0.05) is 20.0 Å². The molecule has 0 radical (unpaired) electrons. The number of para-hydroxylation sites is 3. The lowest BCUT2D eigenvalue weighted by Gasteiger charge is -2.34. The Labute approximate surface area is 194 Å². The van der Waals surface area contributed by atoms with Crippen molar-refractivity contribution in [3.05, 3.63) is 48.5 Å². The number of carbonyl (C=O) groups is 2. The van der Waals surface area contributed by atoms with Crippen LogP contribution in [0.3, 0.4) is 0 Å². The Bertz CT molecular complexity index is 1140. The van der Waals surface area contributed by atoms with Gasteiger partial charge in [-0.2, -0.15) is 4.31 Å². The van der Waals surface area contributed by atoms with Crippen LogP contribution < -0.4 is 15.0 Å².